The number of nitriles is 1. The summed E-state index contributed by atoms with van der Waals surface area (Å²) in [6.45, 7) is 5.58. The van der Waals surface area contributed by atoms with Gasteiger partial charge in [-0.1, -0.05) is 18.2 Å². The lowest BCUT2D eigenvalue weighted by atomic mass is 9.98. The van der Waals surface area contributed by atoms with Gasteiger partial charge in [0.1, 0.15) is 16.6 Å². The minimum absolute atomic E-state index is 0.0253. The Balaban J connectivity index is 2.48. The Hall–Kier alpha value is -2.07. The van der Waals surface area contributed by atoms with Crippen LogP contribution in [-0.2, 0) is 11.4 Å². The molecule has 0 aliphatic rings. The van der Waals surface area contributed by atoms with E-state index in [9.17, 15) is 8.94 Å². The zero-order valence-corrected chi connectivity index (χ0v) is 14.7. The molecule has 0 saturated carbocycles. The molecule has 0 bridgehead atoms. The topological polar surface area (TPSA) is 84.9 Å². The van der Waals surface area contributed by atoms with Crippen LogP contribution < -0.4 is 10.5 Å². The zero-order valence-electron chi connectivity index (χ0n) is 13.8. The number of nitrogens with one attached hydrogen (secondary N) is 1. The van der Waals surface area contributed by atoms with E-state index >= 15 is 0 Å². The van der Waals surface area contributed by atoms with E-state index in [0.29, 0.717) is 11.1 Å². The molecule has 0 amide bonds. The van der Waals surface area contributed by atoms with E-state index < -0.39 is 28.0 Å². The van der Waals surface area contributed by atoms with Crippen LogP contribution in [0.15, 0.2) is 42.5 Å². The minimum atomic E-state index is -1.36. The van der Waals surface area contributed by atoms with Gasteiger partial charge in [0.25, 0.3) is 0 Å². The molecule has 2 aromatic carbocycles. The summed E-state index contributed by atoms with van der Waals surface area (Å²) >= 11 is -1.36. The van der Waals surface area contributed by atoms with Crippen molar-refractivity contribution in [1.82, 2.24) is 4.72 Å². The summed E-state index contributed by atoms with van der Waals surface area (Å²) in [6, 6.07) is 13.0. The van der Waals surface area contributed by atoms with Crippen molar-refractivity contribution in [2.45, 2.75) is 31.6 Å². The van der Waals surface area contributed by atoms with Crippen LogP contribution >= 0.6 is 0 Å². The van der Waals surface area contributed by atoms with Gasteiger partial charge < -0.3 is 10.3 Å². The summed E-state index contributed by atoms with van der Waals surface area (Å²) in [7, 11) is 0. The molecule has 2 aromatic rings. The third kappa shape index (κ3) is 4.26. The van der Waals surface area contributed by atoms with Crippen LogP contribution in [0.5, 0.6) is 0 Å². The van der Waals surface area contributed by atoms with Crippen LogP contribution in [0.4, 0.5) is 10.1 Å². The first-order valence-electron chi connectivity index (χ1n) is 7.45. The van der Waals surface area contributed by atoms with E-state index in [0.717, 1.165) is 5.56 Å². The maximum absolute atomic E-state index is 13.5. The molecule has 0 aliphatic carbocycles. The van der Waals surface area contributed by atoms with Crippen molar-refractivity contribution in [1.29, 1.82) is 5.26 Å². The highest BCUT2D eigenvalue weighted by molar-refractivity contribution is 7.90. The predicted molar refractivity (Wildman–Crippen MR) is 94.8 cm³/mol. The Bertz CT molecular complexity index is 768. The second-order valence-corrected chi connectivity index (χ2v) is 8.45. The lowest BCUT2D eigenvalue weighted by Crippen LogP contribution is -2.41. The molecule has 2 rings (SSSR count). The molecule has 0 saturated heterocycles. The average molecular weight is 345 g/mol. The molecule has 0 aromatic heterocycles. The first-order valence-corrected chi connectivity index (χ1v) is 8.60. The molecule has 2 atom stereocenters. The summed E-state index contributed by atoms with van der Waals surface area (Å²) in [5.74, 6) is -0.500. The molecular weight excluding hydrogens is 325 g/mol. The van der Waals surface area contributed by atoms with Crippen molar-refractivity contribution in [3.05, 3.63) is 65.0 Å². The summed E-state index contributed by atoms with van der Waals surface area (Å²) in [4.78, 5) is 0. The summed E-state index contributed by atoms with van der Waals surface area (Å²) in [6.07, 6.45) is 0. The highest BCUT2D eigenvalue weighted by Crippen LogP contribution is 2.28. The van der Waals surface area contributed by atoms with Crippen molar-refractivity contribution in [2.75, 3.05) is 5.73 Å². The van der Waals surface area contributed by atoms with Gasteiger partial charge in [-0.3, -0.25) is 0 Å². The predicted octanol–water partition coefficient (Wildman–Crippen LogP) is 3.42. The number of hydrogen-bond donors (Lipinski definition) is 2. The van der Waals surface area contributed by atoms with Crippen molar-refractivity contribution < 1.29 is 8.94 Å². The fraction of sp³-hybridized carbons (Fsp3) is 0.278. The molecule has 0 aliphatic heterocycles. The molecule has 3 N–H and O–H groups in total. The van der Waals surface area contributed by atoms with E-state index in [-0.39, 0.29) is 5.69 Å². The number of benzene rings is 2. The Morgan fingerprint density at radius 3 is 2.46 bits per heavy atom. The van der Waals surface area contributed by atoms with Crippen LogP contribution in [0.1, 0.15) is 43.5 Å². The summed E-state index contributed by atoms with van der Waals surface area (Å²) in [5, 5.41) is 9.11. The van der Waals surface area contributed by atoms with Gasteiger partial charge in [-0.25, -0.2) is 4.39 Å². The van der Waals surface area contributed by atoms with Gasteiger partial charge in [0, 0.05) is 11.4 Å². The van der Waals surface area contributed by atoms with Crippen molar-refractivity contribution in [3.8, 4) is 6.07 Å². The van der Waals surface area contributed by atoms with Gasteiger partial charge in [-0.2, -0.15) is 5.26 Å². The Morgan fingerprint density at radius 1 is 1.21 bits per heavy atom. The SMILES string of the molecule is CC(C)(C)[S@@+]([O-])N[C@@H](c1cccc(C#N)c1)c1ccc(F)c(N)c1. The zero-order chi connectivity index (χ0) is 17.9. The van der Waals surface area contributed by atoms with Gasteiger partial charge in [-0.05, 0) is 56.2 Å². The third-order valence-electron chi connectivity index (χ3n) is 3.48. The minimum Gasteiger partial charge on any atom is -0.598 e. The van der Waals surface area contributed by atoms with E-state index in [4.69, 9.17) is 11.0 Å². The molecule has 126 valence electrons. The largest absolute Gasteiger partial charge is 0.598 e. The van der Waals surface area contributed by atoms with Crippen molar-refractivity contribution in [2.24, 2.45) is 0 Å². The molecule has 0 radical (unpaired) electrons. The monoisotopic (exact) mass is 345 g/mol. The standard InChI is InChI=1S/C18H20FN3OS/c1-18(2,3)24(23)22-17(13-6-4-5-12(9-13)11-20)14-7-8-15(19)16(21)10-14/h4-10,17,22H,21H2,1-3H3/t17-,24+/m0/s1. The van der Waals surface area contributed by atoms with E-state index in [2.05, 4.69) is 10.8 Å². The average Bonchev–Trinajstić information content (AvgIpc) is 2.54. The Morgan fingerprint density at radius 2 is 1.88 bits per heavy atom. The summed E-state index contributed by atoms with van der Waals surface area (Å²) in [5.41, 5.74) is 7.64. The second kappa shape index (κ2) is 7.22. The molecule has 0 heterocycles. The van der Waals surface area contributed by atoms with Gasteiger partial charge in [-0.15, -0.1) is 4.72 Å². The quantitative estimate of drug-likeness (QED) is 0.657. The molecule has 0 spiro atoms. The Labute approximate surface area is 144 Å². The number of nitrogens with two attached hydrogens (primary N) is 1. The maximum Gasteiger partial charge on any atom is 0.146 e. The van der Waals surface area contributed by atoms with Crippen LogP contribution in [0, 0.1) is 17.1 Å². The number of anilines is 1. The van der Waals surface area contributed by atoms with Gasteiger partial charge in [0.05, 0.1) is 17.3 Å². The van der Waals surface area contributed by atoms with Crippen LogP contribution in [0.2, 0.25) is 0 Å². The number of halogens is 1. The number of nitrogens with zero attached hydrogens (tertiary/aromatic N) is 1. The fourth-order valence-electron chi connectivity index (χ4n) is 2.14. The second-order valence-electron chi connectivity index (χ2n) is 6.45. The number of rotatable bonds is 4. The van der Waals surface area contributed by atoms with E-state index in [1.165, 1.54) is 12.1 Å². The molecule has 6 heteroatoms. The highest BCUT2D eigenvalue weighted by Gasteiger charge is 2.30. The highest BCUT2D eigenvalue weighted by atomic mass is 32.2. The number of hydrogen-bond acceptors (Lipinski definition) is 4. The Kier molecular flexibility index (Phi) is 5.50. The van der Waals surface area contributed by atoms with Crippen LogP contribution in [-0.4, -0.2) is 9.30 Å². The molecule has 4 nitrogen and oxygen atoms in total. The fourth-order valence-corrected chi connectivity index (χ4v) is 2.98. The summed E-state index contributed by atoms with van der Waals surface area (Å²) < 4.78 is 28.6. The first-order chi connectivity index (χ1) is 11.2. The lowest BCUT2D eigenvalue weighted by Gasteiger charge is -2.28. The van der Waals surface area contributed by atoms with Crippen molar-refractivity contribution >= 4 is 17.0 Å². The molecule has 0 unspecified atom stereocenters. The third-order valence-corrected chi connectivity index (χ3v) is 5.05. The van der Waals surface area contributed by atoms with Gasteiger partial charge in [0.2, 0.25) is 0 Å². The van der Waals surface area contributed by atoms with Crippen LogP contribution in [0.3, 0.4) is 0 Å². The lowest BCUT2D eigenvalue weighted by molar-refractivity contribution is 0.535. The first kappa shape index (κ1) is 18.3. The van der Waals surface area contributed by atoms with Gasteiger partial charge in [0.15, 0.2) is 0 Å². The van der Waals surface area contributed by atoms with Crippen LogP contribution in [0.25, 0.3) is 0 Å². The van der Waals surface area contributed by atoms with Crippen molar-refractivity contribution in [3.63, 3.8) is 0 Å². The van der Waals surface area contributed by atoms with E-state index in [1.807, 2.05) is 26.8 Å². The molecular formula is C18H20FN3OS. The maximum atomic E-state index is 13.5. The molecule has 0 fully saturated rings. The van der Waals surface area contributed by atoms with Gasteiger partial charge >= 0.3 is 0 Å². The number of nitrogen functional groups attached to an aromatic ring is 1. The normalized spacial score (nSPS) is 14.0. The van der Waals surface area contributed by atoms with E-state index in [1.54, 1.807) is 24.3 Å². The molecule has 24 heavy (non-hydrogen) atoms. The smallest absolute Gasteiger partial charge is 0.146 e.